The molecule has 1 aliphatic heterocycles. The lowest BCUT2D eigenvalue weighted by molar-refractivity contribution is 0.0228. The van der Waals surface area contributed by atoms with Crippen LogP contribution in [-0.2, 0) is 9.47 Å². The van der Waals surface area contributed by atoms with Crippen molar-refractivity contribution < 1.29 is 14.3 Å². The van der Waals surface area contributed by atoms with Crippen molar-refractivity contribution >= 4 is 6.09 Å². The molecule has 1 unspecified atom stereocenters. The van der Waals surface area contributed by atoms with E-state index in [-0.39, 0.29) is 12.1 Å². The van der Waals surface area contributed by atoms with Crippen LogP contribution in [0.4, 0.5) is 4.79 Å². The van der Waals surface area contributed by atoms with Crippen molar-refractivity contribution in [2.75, 3.05) is 13.7 Å². The van der Waals surface area contributed by atoms with Crippen LogP contribution in [0.1, 0.15) is 40.0 Å². The van der Waals surface area contributed by atoms with E-state index in [1.54, 1.807) is 13.4 Å². The summed E-state index contributed by atoms with van der Waals surface area (Å²) in [6, 6.07) is 0.247. The molecule has 1 fully saturated rings. The maximum absolute atomic E-state index is 12.0. The van der Waals surface area contributed by atoms with Crippen molar-refractivity contribution in [3.05, 3.63) is 12.3 Å². The molecule has 1 saturated heterocycles. The third-order valence-corrected chi connectivity index (χ3v) is 2.65. The number of hydrogen-bond donors (Lipinski definition) is 0. The second-order valence-electron chi connectivity index (χ2n) is 5.31. The van der Waals surface area contributed by atoms with Crippen molar-refractivity contribution in [2.45, 2.75) is 51.7 Å². The lowest BCUT2D eigenvalue weighted by atomic mass is 10.1. The van der Waals surface area contributed by atoms with Gasteiger partial charge in [-0.25, -0.2) is 4.79 Å². The Hall–Kier alpha value is -1.19. The van der Waals surface area contributed by atoms with E-state index in [0.29, 0.717) is 0 Å². The Morgan fingerprint density at radius 1 is 1.47 bits per heavy atom. The molecule has 0 spiro atoms. The third-order valence-electron chi connectivity index (χ3n) is 2.65. The molecular weight excluding hydrogens is 218 g/mol. The highest BCUT2D eigenvalue weighted by molar-refractivity contribution is 5.68. The first kappa shape index (κ1) is 13.9. The number of methoxy groups -OCH3 is 1. The molecule has 98 valence electrons. The van der Waals surface area contributed by atoms with Gasteiger partial charge in [0.05, 0.1) is 13.4 Å². The zero-order valence-electron chi connectivity index (χ0n) is 11.2. The number of likely N-dealkylation sites (tertiary alicyclic amines) is 1. The van der Waals surface area contributed by atoms with Crippen molar-refractivity contribution in [2.24, 2.45) is 0 Å². The number of hydrogen-bond acceptors (Lipinski definition) is 3. The van der Waals surface area contributed by atoms with Crippen LogP contribution in [0.15, 0.2) is 12.3 Å². The summed E-state index contributed by atoms with van der Waals surface area (Å²) in [5.41, 5.74) is -0.424. The molecule has 0 N–H and O–H groups in total. The number of carbonyl (C=O) groups is 1. The average molecular weight is 241 g/mol. The van der Waals surface area contributed by atoms with Crippen molar-refractivity contribution in [1.29, 1.82) is 0 Å². The van der Waals surface area contributed by atoms with Gasteiger partial charge in [0.1, 0.15) is 5.60 Å². The fraction of sp³-hybridized carbons (Fsp3) is 0.769. The molecule has 0 aromatic heterocycles. The van der Waals surface area contributed by atoms with Crippen LogP contribution < -0.4 is 0 Å². The molecule has 4 heteroatoms. The molecule has 0 aromatic carbocycles. The Morgan fingerprint density at radius 3 is 2.76 bits per heavy atom. The Labute approximate surface area is 104 Å². The average Bonchev–Trinajstić information content (AvgIpc) is 2.64. The predicted octanol–water partition coefficient (Wildman–Crippen LogP) is 2.94. The molecule has 0 bridgehead atoms. The van der Waals surface area contributed by atoms with Gasteiger partial charge in [0, 0.05) is 12.6 Å². The lowest BCUT2D eigenvalue weighted by Gasteiger charge is -2.28. The predicted molar refractivity (Wildman–Crippen MR) is 66.7 cm³/mol. The highest BCUT2D eigenvalue weighted by Crippen LogP contribution is 2.23. The SMILES string of the molecule is CO/C=C/CC1CCCN1C(=O)OC(C)(C)C. The van der Waals surface area contributed by atoms with Crippen LogP contribution in [0.3, 0.4) is 0 Å². The minimum Gasteiger partial charge on any atom is -0.505 e. The standard InChI is InChI=1S/C13H23NO3/c1-13(2,3)17-12(15)14-9-5-7-11(14)8-6-10-16-4/h6,10-11H,5,7-9H2,1-4H3/b10-6+. The van der Waals surface area contributed by atoms with E-state index in [1.165, 1.54) is 0 Å². The first-order chi connectivity index (χ1) is 7.94. The summed E-state index contributed by atoms with van der Waals surface area (Å²) in [7, 11) is 1.62. The van der Waals surface area contributed by atoms with E-state index in [0.717, 1.165) is 25.8 Å². The van der Waals surface area contributed by atoms with Crippen molar-refractivity contribution in [3.8, 4) is 0 Å². The second-order valence-corrected chi connectivity index (χ2v) is 5.31. The molecule has 0 radical (unpaired) electrons. The van der Waals surface area contributed by atoms with Gasteiger partial charge in [-0.15, -0.1) is 0 Å². The summed E-state index contributed by atoms with van der Waals surface area (Å²) < 4.78 is 10.3. The van der Waals surface area contributed by atoms with Crippen molar-refractivity contribution in [1.82, 2.24) is 4.90 Å². The number of amides is 1. The lowest BCUT2D eigenvalue weighted by Crippen LogP contribution is -2.39. The monoisotopic (exact) mass is 241 g/mol. The Bertz CT molecular complexity index is 281. The molecule has 0 aliphatic carbocycles. The highest BCUT2D eigenvalue weighted by Gasteiger charge is 2.31. The summed E-state index contributed by atoms with van der Waals surface area (Å²) >= 11 is 0. The highest BCUT2D eigenvalue weighted by atomic mass is 16.6. The second kappa shape index (κ2) is 5.94. The van der Waals surface area contributed by atoms with Gasteiger partial charge in [0.15, 0.2) is 0 Å². The smallest absolute Gasteiger partial charge is 0.410 e. The number of carbonyl (C=O) groups excluding carboxylic acids is 1. The van der Waals surface area contributed by atoms with Gasteiger partial charge in [-0.05, 0) is 46.1 Å². The minimum atomic E-state index is -0.424. The molecule has 1 atom stereocenters. The summed E-state index contributed by atoms with van der Waals surface area (Å²) in [6.07, 6.45) is 6.31. The van der Waals surface area contributed by atoms with Crippen LogP contribution >= 0.6 is 0 Å². The summed E-state index contributed by atoms with van der Waals surface area (Å²) in [6.45, 7) is 6.46. The van der Waals surface area contributed by atoms with Crippen LogP contribution in [0.5, 0.6) is 0 Å². The molecule has 4 nitrogen and oxygen atoms in total. The van der Waals surface area contributed by atoms with Gasteiger partial charge < -0.3 is 14.4 Å². The molecule has 0 saturated carbocycles. The zero-order valence-corrected chi connectivity index (χ0v) is 11.2. The van der Waals surface area contributed by atoms with Crippen LogP contribution in [0.25, 0.3) is 0 Å². The van der Waals surface area contributed by atoms with Gasteiger partial charge in [-0.3, -0.25) is 0 Å². The first-order valence-electron chi connectivity index (χ1n) is 6.11. The van der Waals surface area contributed by atoms with E-state index in [1.807, 2.05) is 31.7 Å². The molecule has 1 rings (SSSR count). The fourth-order valence-corrected chi connectivity index (χ4v) is 1.95. The summed E-state index contributed by atoms with van der Waals surface area (Å²) in [5.74, 6) is 0. The van der Waals surface area contributed by atoms with E-state index in [9.17, 15) is 4.79 Å². The van der Waals surface area contributed by atoms with Crippen LogP contribution in [-0.4, -0.2) is 36.3 Å². The Kier molecular flexibility index (Phi) is 4.85. The minimum absolute atomic E-state index is 0.203. The number of rotatable bonds is 3. The van der Waals surface area contributed by atoms with Gasteiger partial charge >= 0.3 is 6.09 Å². The molecule has 17 heavy (non-hydrogen) atoms. The normalized spacial score (nSPS) is 20.9. The Balaban J connectivity index is 2.51. The first-order valence-corrected chi connectivity index (χ1v) is 6.11. The quantitative estimate of drug-likeness (QED) is 0.713. The zero-order chi connectivity index (χ0) is 12.9. The maximum Gasteiger partial charge on any atom is 0.410 e. The number of ether oxygens (including phenoxy) is 2. The van der Waals surface area contributed by atoms with E-state index >= 15 is 0 Å². The molecule has 0 aromatic rings. The van der Waals surface area contributed by atoms with Gasteiger partial charge in [0.2, 0.25) is 0 Å². The van der Waals surface area contributed by atoms with Gasteiger partial charge in [0.25, 0.3) is 0 Å². The van der Waals surface area contributed by atoms with Crippen molar-refractivity contribution in [3.63, 3.8) is 0 Å². The van der Waals surface area contributed by atoms with Gasteiger partial charge in [-0.1, -0.05) is 0 Å². The topological polar surface area (TPSA) is 38.8 Å². The Morgan fingerprint density at radius 2 is 2.18 bits per heavy atom. The molecule has 1 aliphatic rings. The fourth-order valence-electron chi connectivity index (χ4n) is 1.95. The summed E-state index contributed by atoms with van der Waals surface area (Å²) in [4.78, 5) is 13.8. The maximum atomic E-state index is 12.0. The van der Waals surface area contributed by atoms with Gasteiger partial charge in [-0.2, -0.15) is 0 Å². The largest absolute Gasteiger partial charge is 0.505 e. The van der Waals surface area contributed by atoms with E-state index in [2.05, 4.69) is 0 Å². The third kappa shape index (κ3) is 4.67. The molecule has 1 heterocycles. The summed E-state index contributed by atoms with van der Waals surface area (Å²) in [5, 5.41) is 0. The van der Waals surface area contributed by atoms with E-state index in [4.69, 9.17) is 9.47 Å². The van der Waals surface area contributed by atoms with Crippen LogP contribution in [0.2, 0.25) is 0 Å². The number of nitrogens with zero attached hydrogens (tertiary/aromatic N) is 1. The van der Waals surface area contributed by atoms with Crippen LogP contribution in [0, 0.1) is 0 Å². The molecule has 1 amide bonds. The molecular formula is C13H23NO3. The van der Waals surface area contributed by atoms with E-state index < -0.39 is 5.60 Å².